The number of sulfonamides is 2. The molecule has 20 heavy (non-hydrogen) atoms. The fourth-order valence-electron chi connectivity index (χ4n) is 1.36. The zero-order valence-corrected chi connectivity index (χ0v) is 12.6. The number of nitrogens with one attached hydrogen (secondary N) is 1. The number of aliphatic hydroxyl groups excluding tert-OH is 1. The van der Waals surface area contributed by atoms with Gasteiger partial charge in [-0.2, -0.15) is 0 Å². The first-order valence-electron chi connectivity index (χ1n) is 5.32. The van der Waals surface area contributed by atoms with E-state index in [2.05, 4.69) is 4.72 Å². The normalized spacial score (nSPS) is 12.6. The molecule has 6 N–H and O–H groups in total. The Morgan fingerprint density at radius 3 is 2.30 bits per heavy atom. The van der Waals surface area contributed by atoms with Gasteiger partial charge in [0.2, 0.25) is 20.0 Å². The number of nitrogen functional groups attached to an aromatic ring is 1. The highest BCUT2D eigenvalue weighted by molar-refractivity contribution is 7.90. The van der Waals surface area contributed by atoms with Crippen molar-refractivity contribution in [3.63, 3.8) is 0 Å². The van der Waals surface area contributed by atoms with Gasteiger partial charge in [-0.05, 0) is 18.6 Å². The Labute approximate surface area is 121 Å². The monoisotopic (exact) mass is 343 g/mol. The van der Waals surface area contributed by atoms with Crippen LogP contribution in [-0.4, -0.2) is 35.1 Å². The van der Waals surface area contributed by atoms with Crippen LogP contribution in [0, 0.1) is 0 Å². The van der Waals surface area contributed by atoms with Gasteiger partial charge >= 0.3 is 0 Å². The molecule has 0 aliphatic carbocycles. The van der Waals surface area contributed by atoms with Crippen LogP contribution in [0.5, 0.6) is 0 Å². The summed E-state index contributed by atoms with van der Waals surface area (Å²) in [6, 6.07) is 1.80. The minimum absolute atomic E-state index is 0.0222. The topological polar surface area (TPSA) is 153 Å². The largest absolute Gasteiger partial charge is 0.398 e. The molecule has 114 valence electrons. The molecule has 0 unspecified atom stereocenters. The molecule has 0 saturated carbocycles. The number of benzene rings is 1. The molecule has 0 radical (unpaired) electrons. The Kier molecular flexibility index (Phi) is 5.35. The van der Waals surface area contributed by atoms with Crippen molar-refractivity contribution in [2.45, 2.75) is 16.2 Å². The molecule has 11 heteroatoms. The molecule has 0 amide bonds. The summed E-state index contributed by atoms with van der Waals surface area (Å²) in [7, 11) is -8.21. The molecule has 0 aliphatic heterocycles. The molecule has 0 aliphatic rings. The molecule has 0 aromatic heterocycles. The van der Waals surface area contributed by atoms with Gasteiger partial charge in [0.05, 0.1) is 10.7 Å². The SMILES string of the molecule is Nc1cc(Cl)c(S(N)(=O)=O)cc1S(=O)(=O)NCCCO. The number of primary sulfonamides is 1. The van der Waals surface area contributed by atoms with Gasteiger partial charge in [-0.15, -0.1) is 0 Å². The van der Waals surface area contributed by atoms with E-state index in [0.29, 0.717) is 0 Å². The van der Waals surface area contributed by atoms with Gasteiger partial charge in [-0.1, -0.05) is 11.6 Å². The summed E-state index contributed by atoms with van der Waals surface area (Å²) in [6.07, 6.45) is 0.203. The van der Waals surface area contributed by atoms with Gasteiger partial charge in [0.1, 0.15) is 9.79 Å². The van der Waals surface area contributed by atoms with Crippen molar-refractivity contribution in [2.75, 3.05) is 18.9 Å². The molecular formula is C9H14ClN3O5S2. The number of nitrogens with two attached hydrogens (primary N) is 2. The van der Waals surface area contributed by atoms with Crippen molar-refractivity contribution < 1.29 is 21.9 Å². The second kappa shape index (κ2) is 6.24. The summed E-state index contributed by atoms with van der Waals surface area (Å²) < 4.78 is 48.7. The van der Waals surface area contributed by atoms with Crippen LogP contribution in [0.4, 0.5) is 5.69 Å². The van der Waals surface area contributed by atoms with Crippen molar-refractivity contribution in [3.8, 4) is 0 Å². The maximum absolute atomic E-state index is 12.0. The minimum Gasteiger partial charge on any atom is -0.398 e. The Balaban J connectivity index is 3.32. The highest BCUT2D eigenvalue weighted by Crippen LogP contribution is 2.29. The molecule has 0 bridgehead atoms. The lowest BCUT2D eigenvalue weighted by Gasteiger charge is -2.11. The number of anilines is 1. The maximum Gasteiger partial charge on any atom is 0.242 e. The smallest absolute Gasteiger partial charge is 0.242 e. The highest BCUT2D eigenvalue weighted by Gasteiger charge is 2.23. The van der Waals surface area contributed by atoms with Crippen molar-refractivity contribution in [2.24, 2.45) is 5.14 Å². The molecule has 1 rings (SSSR count). The summed E-state index contributed by atoms with van der Waals surface area (Å²) in [5.41, 5.74) is 5.33. The Morgan fingerprint density at radius 2 is 1.80 bits per heavy atom. The molecule has 1 aromatic rings. The second-order valence-corrected chi connectivity index (χ2v) is 7.51. The van der Waals surface area contributed by atoms with Crippen molar-refractivity contribution in [3.05, 3.63) is 17.2 Å². The molecule has 8 nitrogen and oxygen atoms in total. The van der Waals surface area contributed by atoms with Crippen molar-refractivity contribution in [1.29, 1.82) is 0 Å². The molecule has 0 saturated heterocycles. The first-order valence-corrected chi connectivity index (χ1v) is 8.72. The van der Waals surface area contributed by atoms with Crippen LogP contribution >= 0.6 is 11.6 Å². The third-order valence-corrected chi connectivity index (χ3v) is 5.18. The van der Waals surface area contributed by atoms with Crippen LogP contribution < -0.4 is 15.6 Å². The van der Waals surface area contributed by atoms with Crippen LogP contribution in [0.3, 0.4) is 0 Å². The minimum atomic E-state index is -4.18. The predicted octanol–water partition coefficient (Wildman–Crippen LogP) is -0.770. The zero-order valence-electron chi connectivity index (χ0n) is 10.2. The van der Waals surface area contributed by atoms with Crippen LogP contribution in [0.2, 0.25) is 5.02 Å². The average Bonchev–Trinajstić information content (AvgIpc) is 2.26. The van der Waals surface area contributed by atoms with Gasteiger partial charge in [0.15, 0.2) is 0 Å². The molecule has 1 aromatic carbocycles. The summed E-state index contributed by atoms with van der Waals surface area (Å²) in [5, 5.41) is 13.3. The maximum atomic E-state index is 12.0. The van der Waals surface area contributed by atoms with Crippen LogP contribution in [-0.2, 0) is 20.0 Å². The van der Waals surface area contributed by atoms with Crippen molar-refractivity contribution in [1.82, 2.24) is 4.72 Å². The van der Waals surface area contributed by atoms with E-state index >= 15 is 0 Å². The van der Waals surface area contributed by atoms with Crippen LogP contribution in [0.15, 0.2) is 21.9 Å². The van der Waals surface area contributed by atoms with Gasteiger partial charge in [0.25, 0.3) is 0 Å². The fourth-order valence-corrected chi connectivity index (χ4v) is 3.76. The third-order valence-electron chi connectivity index (χ3n) is 2.29. The van der Waals surface area contributed by atoms with E-state index in [1.165, 1.54) is 0 Å². The van der Waals surface area contributed by atoms with E-state index in [4.69, 9.17) is 27.6 Å². The Hall–Kier alpha value is -0.910. The van der Waals surface area contributed by atoms with E-state index in [9.17, 15) is 16.8 Å². The van der Waals surface area contributed by atoms with Gasteiger partial charge < -0.3 is 10.8 Å². The quantitative estimate of drug-likeness (QED) is 0.393. The number of rotatable bonds is 6. The lowest BCUT2D eigenvalue weighted by molar-refractivity contribution is 0.289. The average molecular weight is 344 g/mol. The number of hydrogen-bond donors (Lipinski definition) is 4. The standard InChI is InChI=1S/C9H14ClN3O5S2/c10-6-4-7(11)9(5-8(6)19(12,15)16)20(17,18)13-2-1-3-14/h4-5,13-14H,1-3,11H2,(H2,12,15,16). The Bertz CT molecular complexity index is 703. The summed E-state index contributed by atoms with van der Waals surface area (Å²) in [6.45, 7) is -0.216. The number of hydrogen-bond acceptors (Lipinski definition) is 6. The van der Waals surface area contributed by atoms with Crippen LogP contribution in [0.1, 0.15) is 6.42 Å². The number of aliphatic hydroxyl groups is 1. The molecule has 0 heterocycles. The van der Waals surface area contributed by atoms with E-state index in [-0.39, 0.29) is 30.3 Å². The van der Waals surface area contributed by atoms with E-state index < -0.39 is 29.8 Å². The highest BCUT2D eigenvalue weighted by atomic mass is 35.5. The van der Waals surface area contributed by atoms with E-state index in [1.807, 2.05) is 0 Å². The zero-order chi connectivity index (χ0) is 15.6. The predicted molar refractivity (Wildman–Crippen MR) is 74.1 cm³/mol. The second-order valence-electron chi connectivity index (χ2n) is 3.84. The summed E-state index contributed by atoms with van der Waals surface area (Å²) in [5.74, 6) is 0. The fraction of sp³-hybridized carbons (Fsp3) is 0.333. The molecular weight excluding hydrogens is 330 g/mol. The van der Waals surface area contributed by atoms with E-state index in [0.717, 1.165) is 12.1 Å². The Morgan fingerprint density at radius 1 is 1.20 bits per heavy atom. The first-order chi connectivity index (χ1) is 9.09. The van der Waals surface area contributed by atoms with Crippen LogP contribution in [0.25, 0.3) is 0 Å². The lowest BCUT2D eigenvalue weighted by Crippen LogP contribution is -2.26. The van der Waals surface area contributed by atoms with Gasteiger partial charge in [-0.3, -0.25) is 0 Å². The summed E-state index contributed by atoms with van der Waals surface area (Å²) >= 11 is 5.68. The molecule has 0 spiro atoms. The van der Waals surface area contributed by atoms with Gasteiger partial charge in [-0.25, -0.2) is 26.7 Å². The first kappa shape index (κ1) is 17.1. The summed E-state index contributed by atoms with van der Waals surface area (Å²) in [4.78, 5) is -0.972. The lowest BCUT2D eigenvalue weighted by atomic mass is 10.3. The van der Waals surface area contributed by atoms with Crippen molar-refractivity contribution >= 4 is 37.3 Å². The number of halogens is 1. The van der Waals surface area contributed by atoms with E-state index in [1.54, 1.807) is 0 Å². The molecule has 0 fully saturated rings. The third kappa shape index (κ3) is 4.04. The van der Waals surface area contributed by atoms with Gasteiger partial charge in [0, 0.05) is 13.2 Å². The molecule has 0 atom stereocenters.